The molecule has 0 spiro atoms. The second-order valence-electron chi connectivity index (χ2n) is 7.00. The van der Waals surface area contributed by atoms with Crippen LogP contribution in [-0.2, 0) is 9.53 Å². The third-order valence-electron chi connectivity index (χ3n) is 5.06. The normalized spacial score (nSPS) is 16.6. The Morgan fingerprint density at radius 1 is 1.37 bits per heavy atom. The summed E-state index contributed by atoms with van der Waals surface area (Å²) in [6.45, 7) is 2.82. The molecular formula is C20H21N5O5. The van der Waals surface area contributed by atoms with Crippen molar-refractivity contribution in [3.63, 3.8) is 0 Å². The lowest BCUT2D eigenvalue weighted by atomic mass is 9.98. The molecule has 1 fully saturated rings. The number of amides is 2. The number of piperidine rings is 1. The zero-order chi connectivity index (χ0) is 21.3. The van der Waals surface area contributed by atoms with Gasteiger partial charge in [0.1, 0.15) is 17.7 Å². The largest absolute Gasteiger partial charge is 0.466 e. The maximum absolute atomic E-state index is 13.4. The van der Waals surface area contributed by atoms with Gasteiger partial charge in [0.05, 0.1) is 18.8 Å². The Morgan fingerprint density at radius 2 is 2.20 bits per heavy atom. The number of carbonyl (C=O) groups is 3. The molecule has 1 aliphatic rings. The molecule has 2 amide bonds. The minimum absolute atomic E-state index is 0.0412. The molecule has 30 heavy (non-hydrogen) atoms. The predicted octanol–water partition coefficient (Wildman–Crippen LogP) is 1.50. The molecule has 0 aliphatic carbocycles. The summed E-state index contributed by atoms with van der Waals surface area (Å²) in [6.07, 6.45) is 4.19. The van der Waals surface area contributed by atoms with E-state index < -0.39 is 5.91 Å². The summed E-state index contributed by atoms with van der Waals surface area (Å²) < 4.78 is 12.0. The van der Waals surface area contributed by atoms with Crippen LogP contribution in [0.25, 0.3) is 17.1 Å². The summed E-state index contributed by atoms with van der Waals surface area (Å²) in [6, 6.07) is 4.97. The van der Waals surface area contributed by atoms with Gasteiger partial charge in [0.25, 0.3) is 11.8 Å². The first-order chi connectivity index (χ1) is 14.5. The number of likely N-dealkylation sites (tertiary alicyclic amines) is 1. The van der Waals surface area contributed by atoms with Gasteiger partial charge in [0.15, 0.2) is 17.1 Å². The Labute approximate surface area is 171 Å². The lowest BCUT2D eigenvalue weighted by Gasteiger charge is -2.31. The molecule has 3 aromatic rings. The third-order valence-corrected chi connectivity index (χ3v) is 5.06. The number of rotatable bonds is 5. The van der Waals surface area contributed by atoms with Crippen molar-refractivity contribution in [1.82, 2.24) is 19.3 Å². The van der Waals surface area contributed by atoms with Gasteiger partial charge in [-0.2, -0.15) is 0 Å². The number of hydrogen-bond donors (Lipinski definition) is 1. The number of furan rings is 1. The van der Waals surface area contributed by atoms with Crippen molar-refractivity contribution in [3.8, 4) is 11.5 Å². The molecule has 1 saturated heterocycles. The summed E-state index contributed by atoms with van der Waals surface area (Å²) >= 11 is 0. The number of aromatic nitrogens is 3. The van der Waals surface area contributed by atoms with Gasteiger partial charge >= 0.3 is 5.97 Å². The third kappa shape index (κ3) is 3.51. The summed E-state index contributed by atoms with van der Waals surface area (Å²) in [5.74, 6) is -1.29. The number of nitrogens with two attached hydrogens (primary N) is 1. The Hall–Kier alpha value is -3.69. The molecule has 1 aliphatic heterocycles. The molecule has 0 saturated carbocycles. The maximum Gasteiger partial charge on any atom is 0.310 e. The van der Waals surface area contributed by atoms with Crippen LogP contribution < -0.4 is 5.73 Å². The molecule has 0 unspecified atom stereocenters. The van der Waals surface area contributed by atoms with E-state index in [1.54, 1.807) is 30.0 Å². The minimum atomic E-state index is -0.750. The molecule has 4 heterocycles. The summed E-state index contributed by atoms with van der Waals surface area (Å²) in [7, 11) is 0. The van der Waals surface area contributed by atoms with Gasteiger partial charge in [-0.25, -0.2) is 9.97 Å². The Bertz CT molecular complexity index is 1100. The average molecular weight is 411 g/mol. The van der Waals surface area contributed by atoms with E-state index in [2.05, 4.69) is 9.97 Å². The molecule has 1 atom stereocenters. The van der Waals surface area contributed by atoms with E-state index in [1.165, 1.54) is 17.0 Å². The van der Waals surface area contributed by atoms with E-state index in [4.69, 9.17) is 14.9 Å². The van der Waals surface area contributed by atoms with Crippen molar-refractivity contribution in [2.75, 3.05) is 19.7 Å². The van der Waals surface area contributed by atoms with Gasteiger partial charge in [-0.3, -0.25) is 18.8 Å². The summed E-state index contributed by atoms with van der Waals surface area (Å²) in [4.78, 5) is 47.4. The van der Waals surface area contributed by atoms with Gasteiger partial charge in [-0.15, -0.1) is 0 Å². The van der Waals surface area contributed by atoms with E-state index in [0.717, 1.165) is 0 Å². The van der Waals surface area contributed by atoms with Crippen LogP contribution in [0.2, 0.25) is 0 Å². The Morgan fingerprint density at radius 3 is 2.90 bits per heavy atom. The molecule has 3 aromatic heterocycles. The average Bonchev–Trinajstić information content (AvgIpc) is 3.42. The molecule has 0 radical (unpaired) electrons. The van der Waals surface area contributed by atoms with Crippen LogP contribution in [0.15, 0.2) is 35.2 Å². The molecule has 0 bridgehead atoms. The monoisotopic (exact) mass is 411 g/mol. The van der Waals surface area contributed by atoms with E-state index in [-0.39, 0.29) is 41.4 Å². The summed E-state index contributed by atoms with van der Waals surface area (Å²) in [5.41, 5.74) is 6.16. The molecule has 10 nitrogen and oxygen atoms in total. The topological polar surface area (TPSA) is 133 Å². The van der Waals surface area contributed by atoms with E-state index in [1.807, 2.05) is 0 Å². The zero-order valence-corrected chi connectivity index (χ0v) is 16.4. The highest BCUT2D eigenvalue weighted by molar-refractivity contribution is 5.99. The first-order valence-electron chi connectivity index (χ1n) is 9.67. The van der Waals surface area contributed by atoms with Gasteiger partial charge in [-0.1, -0.05) is 0 Å². The Balaban J connectivity index is 1.74. The lowest BCUT2D eigenvalue weighted by molar-refractivity contribution is -0.149. The van der Waals surface area contributed by atoms with Crippen molar-refractivity contribution < 1.29 is 23.5 Å². The molecule has 0 aromatic carbocycles. The molecule has 10 heteroatoms. The lowest BCUT2D eigenvalue weighted by Crippen LogP contribution is -2.43. The van der Waals surface area contributed by atoms with Crippen molar-refractivity contribution in [2.45, 2.75) is 19.8 Å². The van der Waals surface area contributed by atoms with Crippen LogP contribution in [0.4, 0.5) is 0 Å². The van der Waals surface area contributed by atoms with E-state index in [9.17, 15) is 14.4 Å². The van der Waals surface area contributed by atoms with Crippen LogP contribution in [0.3, 0.4) is 0 Å². The molecule has 4 rings (SSSR count). The maximum atomic E-state index is 13.4. The van der Waals surface area contributed by atoms with Crippen molar-refractivity contribution in [3.05, 3.63) is 42.2 Å². The second kappa shape index (κ2) is 7.97. The zero-order valence-electron chi connectivity index (χ0n) is 16.4. The quantitative estimate of drug-likeness (QED) is 0.629. The standard InChI is InChI=1S/C20H21N5O5/c1-2-29-20(28)12-5-3-7-24(10-12)19(27)14-9-13(15-6-4-8-30-15)23-18-16(17(21)26)22-11-25(14)18/h4,6,8-9,11-12H,2-3,5,7,10H2,1H3,(H2,21,26)/t12-/m0/s1. The number of hydrogen-bond acceptors (Lipinski definition) is 7. The van der Waals surface area contributed by atoms with Crippen LogP contribution in [-0.4, -0.2) is 56.7 Å². The fraction of sp³-hybridized carbons (Fsp3) is 0.350. The van der Waals surface area contributed by atoms with E-state index in [0.29, 0.717) is 37.4 Å². The van der Waals surface area contributed by atoms with Crippen molar-refractivity contribution in [2.24, 2.45) is 11.7 Å². The number of ether oxygens (including phenoxy) is 1. The molecule has 156 valence electrons. The number of nitrogens with zero attached hydrogens (tertiary/aromatic N) is 4. The smallest absolute Gasteiger partial charge is 0.310 e. The fourth-order valence-corrected chi connectivity index (χ4v) is 3.64. The van der Waals surface area contributed by atoms with Gasteiger partial charge < -0.3 is 19.8 Å². The molecular weight excluding hydrogens is 390 g/mol. The number of primary amides is 1. The predicted molar refractivity (Wildman–Crippen MR) is 104 cm³/mol. The number of esters is 1. The highest BCUT2D eigenvalue weighted by atomic mass is 16.5. The van der Waals surface area contributed by atoms with Gasteiger partial charge in [0, 0.05) is 13.1 Å². The highest BCUT2D eigenvalue weighted by Crippen LogP contribution is 2.25. The van der Waals surface area contributed by atoms with Crippen LogP contribution in [0.5, 0.6) is 0 Å². The second-order valence-corrected chi connectivity index (χ2v) is 7.00. The number of fused-ring (bicyclic) bond motifs is 1. The van der Waals surface area contributed by atoms with Crippen LogP contribution >= 0.6 is 0 Å². The van der Waals surface area contributed by atoms with Crippen LogP contribution in [0.1, 0.15) is 40.7 Å². The highest BCUT2D eigenvalue weighted by Gasteiger charge is 2.31. The first kappa shape index (κ1) is 19.6. The van der Waals surface area contributed by atoms with Crippen molar-refractivity contribution >= 4 is 23.4 Å². The van der Waals surface area contributed by atoms with Crippen LogP contribution in [0, 0.1) is 5.92 Å². The molecule has 2 N–H and O–H groups in total. The minimum Gasteiger partial charge on any atom is -0.466 e. The Kier molecular flexibility index (Phi) is 5.21. The fourth-order valence-electron chi connectivity index (χ4n) is 3.64. The SMILES string of the molecule is CCOC(=O)[C@H]1CCCN(C(=O)c2cc(-c3ccco3)nc3c(C(N)=O)ncn23)C1. The van der Waals surface area contributed by atoms with Crippen molar-refractivity contribution in [1.29, 1.82) is 0 Å². The van der Waals surface area contributed by atoms with Gasteiger partial charge in [-0.05, 0) is 38.0 Å². The summed E-state index contributed by atoms with van der Waals surface area (Å²) in [5, 5.41) is 0. The van der Waals surface area contributed by atoms with E-state index >= 15 is 0 Å². The first-order valence-corrected chi connectivity index (χ1v) is 9.67. The number of carbonyl (C=O) groups excluding carboxylic acids is 3. The number of imidazole rings is 1. The van der Waals surface area contributed by atoms with Gasteiger partial charge in [0.2, 0.25) is 0 Å².